The number of benzene rings is 3. The lowest BCUT2D eigenvalue weighted by molar-refractivity contribution is 0.262. The molecule has 10 nitrogen and oxygen atoms in total. The molecular weight excluding hydrogens is 479 g/mol. The van der Waals surface area contributed by atoms with Gasteiger partial charge in [-0.3, -0.25) is 9.36 Å². The van der Waals surface area contributed by atoms with Gasteiger partial charge in [0.05, 0.1) is 17.4 Å². The van der Waals surface area contributed by atoms with Crippen LogP contribution in [0.1, 0.15) is 5.56 Å². The summed E-state index contributed by atoms with van der Waals surface area (Å²) in [6.07, 6.45) is 3.06. The maximum absolute atomic E-state index is 13.3. The van der Waals surface area contributed by atoms with Gasteiger partial charge in [-0.15, -0.1) is 0 Å². The molecule has 2 heterocycles. The Hall–Kier alpha value is -5.32. The number of carbonyl (C=O) groups is 1. The van der Waals surface area contributed by atoms with Crippen LogP contribution < -0.4 is 26.6 Å². The van der Waals surface area contributed by atoms with Crippen LogP contribution in [-0.2, 0) is 6.54 Å². The number of anilines is 2. The molecule has 2 amide bonds. The highest BCUT2D eigenvalue weighted by molar-refractivity contribution is 5.99. The molecule has 5 aromatic rings. The van der Waals surface area contributed by atoms with E-state index in [9.17, 15) is 18.8 Å². The maximum Gasteiger partial charge on any atom is 0.329 e. The van der Waals surface area contributed by atoms with Crippen molar-refractivity contribution < 1.29 is 13.9 Å². The first-order valence-corrected chi connectivity index (χ1v) is 11.1. The predicted molar refractivity (Wildman–Crippen MR) is 136 cm³/mol. The molecule has 0 aliphatic carbocycles. The summed E-state index contributed by atoms with van der Waals surface area (Å²) in [5.74, 6) is -0.136. The second-order valence-corrected chi connectivity index (χ2v) is 7.95. The van der Waals surface area contributed by atoms with Gasteiger partial charge < -0.3 is 20.4 Å². The summed E-state index contributed by atoms with van der Waals surface area (Å²) in [5, 5.41) is 5.44. The first kappa shape index (κ1) is 23.4. The lowest BCUT2D eigenvalue weighted by atomic mass is 10.2. The average molecular weight is 498 g/mol. The van der Waals surface area contributed by atoms with Gasteiger partial charge in [0, 0.05) is 23.8 Å². The standard InChI is InChI=1S/C26H19FN6O4/c27-17-5-2-7-19(13-17)31-24(35)30-18-6-1-4-16(12-18)15-33-23(34)21-14-20(8-9-22(21)32-26(33)36)37-25-28-10-3-11-29-25/h1-14H,15H2,(H,32,36)(H2,30,31,35). The second kappa shape index (κ2) is 10.1. The number of rotatable bonds is 6. The Labute approximate surface area is 208 Å². The van der Waals surface area contributed by atoms with Crippen LogP contribution in [0.2, 0.25) is 0 Å². The molecule has 3 N–H and O–H groups in total. The molecule has 0 saturated carbocycles. The van der Waals surface area contributed by atoms with Crippen LogP contribution in [0, 0.1) is 5.82 Å². The number of aromatic nitrogens is 4. The number of ether oxygens (including phenoxy) is 1. The van der Waals surface area contributed by atoms with Gasteiger partial charge >= 0.3 is 17.7 Å². The molecule has 0 saturated heterocycles. The Kier molecular flexibility index (Phi) is 6.41. The summed E-state index contributed by atoms with van der Waals surface area (Å²) in [6.45, 7) is -0.0436. The smallest absolute Gasteiger partial charge is 0.329 e. The zero-order chi connectivity index (χ0) is 25.8. The van der Waals surface area contributed by atoms with E-state index in [0.717, 1.165) is 4.57 Å². The van der Waals surface area contributed by atoms with Crippen molar-refractivity contribution in [2.24, 2.45) is 0 Å². The SMILES string of the molecule is O=C(Nc1cccc(F)c1)Nc1cccc(Cn2c(=O)[nH]c3ccc(Oc4ncccn4)cc3c2=O)c1. The summed E-state index contributed by atoms with van der Waals surface area (Å²) < 4.78 is 20.0. The number of carbonyl (C=O) groups excluding carboxylic acids is 1. The quantitative estimate of drug-likeness (QED) is 0.323. The lowest BCUT2D eigenvalue weighted by Crippen LogP contribution is -2.35. The first-order chi connectivity index (χ1) is 17.9. The highest BCUT2D eigenvalue weighted by atomic mass is 19.1. The van der Waals surface area contributed by atoms with Crippen molar-refractivity contribution in [3.8, 4) is 11.8 Å². The van der Waals surface area contributed by atoms with Gasteiger partial charge in [0.25, 0.3) is 5.56 Å². The third-order valence-electron chi connectivity index (χ3n) is 5.31. The van der Waals surface area contributed by atoms with Crippen molar-refractivity contribution in [1.29, 1.82) is 0 Å². The van der Waals surface area contributed by atoms with Crippen LogP contribution in [0.15, 0.2) is 94.8 Å². The average Bonchev–Trinajstić information content (AvgIpc) is 2.88. The molecule has 0 spiro atoms. The summed E-state index contributed by atoms with van der Waals surface area (Å²) >= 11 is 0. The van der Waals surface area contributed by atoms with E-state index in [0.29, 0.717) is 28.2 Å². The summed E-state index contributed by atoms with van der Waals surface area (Å²) in [6, 6.07) is 18.1. The molecule has 37 heavy (non-hydrogen) atoms. The van der Waals surface area contributed by atoms with E-state index >= 15 is 0 Å². The summed E-state index contributed by atoms with van der Waals surface area (Å²) in [7, 11) is 0. The third-order valence-corrected chi connectivity index (χ3v) is 5.31. The number of halogens is 1. The fraction of sp³-hybridized carbons (Fsp3) is 0.0385. The number of urea groups is 1. The Balaban J connectivity index is 1.37. The van der Waals surface area contributed by atoms with Crippen molar-refractivity contribution in [3.63, 3.8) is 0 Å². The predicted octanol–water partition coefficient (Wildman–Crippen LogP) is 4.10. The van der Waals surface area contributed by atoms with Crippen LogP contribution >= 0.6 is 0 Å². The second-order valence-electron chi connectivity index (χ2n) is 7.95. The Morgan fingerprint density at radius 3 is 2.41 bits per heavy atom. The zero-order valence-corrected chi connectivity index (χ0v) is 19.1. The minimum Gasteiger partial charge on any atom is -0.424 e. The number of hydrogen-bond donors (Lipinski definition) is 3. The highest BCUT2D eigenvalue weighted by Crippen LogP contribution is 2.20. The zero-order valence-electron chi connectivity index (χ0n) is 19.1. The van der Waals surface area contributed by atoms with Crippen molar-refractivity contribution in [2.45, 2.75) is 6.54 Å². The number of amides is 2. The molecule has 0 atom stereocenters. The van der Waals surface area contributed by atoms with Crippen LogP contribution in [0.5, 0.6) is 11.8 Å². The van der Waals surface area contributed by atoms with Crippen molar-refractivity contribution in [3.05, 3.63) is 117 Å². The molecule has 0 bridgehead atoms. The van der Waals surface area contributed by atoms with Crippen molar-refractivity contribution in [2.75, 3.05) is 10.6 Å². The van der Waals surface area contributed by atoms with Gasteiger partial charge in [-0.1, -0.05) is 18.2 Å². The van der Waals surface area contributed by atoms with Gasteiger partial charge in [-0.05, 0) is 60.2 Å². The third kappa shape index (κ3) is 5.51. The van der Waals surface area contributed by atoms with Crippen LogP contribution in [0.4, 0.5) is 20.6 Å². The van der Waals surface area contributed by atoms with E-state index < -0.39 is 23.1 Å². The van der Waals surface area contributed by atoms with Gasteiger partial charge in [0.2, 0.25) is 0 Å². The number of hydrogen-bond acceptors (Lipinski definition) is 6. The van der Waals surface area contributed by atoms with E-state index in [1.165, 1.54) is 36.7 Å². The largest absolute Gasteiger partial charge is 0.424 e. The molecule has 11 heteroatoms. The molecule has 5 rings (SSSR count). The lowest BCUT2D eigenvalue weighted by Gasteiger charge is -2.11. The van der Waals surface area contributed by atoms with Gasteiger partial charge in [0.1, 0.15) is 11.6 Å². The highest BCUT2D eigenvalue weighted by Gasteiger charge is 2.11. The number of aromatic amines is 1. The molecule has 0 radical (unpaired) electrons. The molecule has 2 aromatic heterocycles. The maximum atomic E-state index is 13.3. The van der Waals surface area contributed by atoms with Gasteiger partial charge in [0.15, 0.2) is 0 Å². The topological polar surface area (TPSA) is 131 Å². The molecule has 0 fully saturated rings. The first-order valence-electron chi connectivity index (χ1n) is 11.1. The Morgan fingerprint density at radius 1 is 0.919 bits per heavy atom. The Morgan fingerprint density at radius 2 is 1.65 bits per heavy atom. The van der Waals surface area contributed by atoms with Crippen LogP contribution in [0.3, 0.4) is 0 Å². The molecule has 0 unspecified atom stereocenters. The number of nitrogens with zero attached hydrogens (tertiary/aromatic N) is 3. The molecule has 0 aliphatic heterocycles. The van der Waals surface area contributed by atoms with E-state index in [1.807, 2.05) is 0 Å². The van der Waals surface area contributed by atoms with Crippen LogP contribution in [0.25, 0.3) is 10.9 Å². The molecule has 3 aromatic carbocycles. The van der Waals surface area contributed by atoms with E-state index in [4.69, 9.17) is 4.74 Å². The Bertz CT molecular complexity index is 1720. The number of fused-ring (bicyclic) bond motifs is 1. The van der Waals surface area contributed by atoms with E-state index in [2.05, 4.69) is 25.6 Å². The fourth-order valence-corrected chi connectivity index (χ4v) is 3.67. The minimum atomic E-state index is -0.584. The van der Waals surface area contributed by atoms with Crippen LogP contribution in [-0.4, -0.2) is 25.6 Å². The van der Waals surface area contributed by atoms with Gasteiger partial charge in [-0.25, -0.2) is 23.9 Å². The summed E-state index contributed by atoms with van der Waals surface area (Å²) in [5.41, 5.74) is 0.582. The van der Waals surface area contributed by atoms with E-state index in [-0.39, 0.29) is 17.9 Å². The normalized spacial score (nSPS) is 10.7. The van der Waals surface area contributed by atoms with E-state index in [1.54, 1.807) is 48.5 Å². The summed E-state index contributed by atoms with van der Waals surface area (Å²) in [4.78, 5) is 48.9. The number of H-pyrrole nitrogens is 1. The molecular formula is C26H19FN6O4. The van der Waals surface area contributed by atoms with Crippen molar-refractivity contribution in [1.82, 2.24) is 19.5 Å². The monoisotopic (exact) mass is 498 g/mol. The number of nitrogens with one attached hydrogen (secondary N) is 3. The molecule has 184 valence electrons. The molecule has 0 aliphatic rings. The van der Waals surface area contributed by atoms with Crippen molar-refractivity contribution >= 4 is 28.3 Å². The fourth-order valence-electron chi connectivity index (χ4n) is 3.67. The minimum absolute atomic E-state index is 0.0436. The van der Waals surface area contributed by atoms with Gasteiger partial charge in [-0.2, -0.15) is 0 Å².